The molecule has 27 heavy (non-hydrogen) atoms. The Morgan fingerprint density at radius 1 is 1.00 bits per heavy atom. The number of methoxy groups -OCH3 is 2. The molecule has 0 N–H and O–H groups in total. The Balaban J connectivity index is 1.84. The minimum absolute atomic E-state index is 0.332. The number of halogens is 1. The van der Waals surface area contributed by atoms with Crippen molar-refractivity contribution in [2.45, 2.75) is 25.7 Å². The first-order valence-electron chi connectivity index (χ1n) is 8.93. The monoisotopic (exact) mass is 388 g/mol. The van der Waals surface area contributed by atoms with Gasteiger partial charge in [0.05, 0.1) is 27.1 Å². The van der Waals surface area contributed by atoms with Crippen molar-refractivity contribution in [1.29, 1.82) is 0 Å². The average molecular weight is 389 g/mol. The summed E-state index contributed by atoms with van der Waals surface area (Å²) in [5, 5.41) is 0.764. The van der Waals surface area contributed by atoms with Gasteiger partial charge in [0.1, 0.15) is 11.3 Å². The molecule has 144 valence electrons. The van der Waals surface area contributed by atoms with Gasteiger partial charge in [-0.15, -0.1) is 0 Å². The molecule has 0 unspecified atom stereocenters. The molecule has 4 nitrogen and oxygen atoms in total. The van der Waals surface area contributed by atoms with Gasteiger partial charge in [-0.1, -0.05) is 41.9 Å². The first kappa shape index (κ1) is 20.8. The van der Waals surface area contributed by atoms with Crippen LogP contribution in [0.2, 0.25) is 5.02 Å². The number of unbranched alkanes of at least 4 members (excludes halogenated alkanes) is 2. The predicted molar refractivity (Wildman–Crippen MR) is 108 cm³/mol. The third kappa shape index (κ3) is 6.65. The number of hydrogen-bond donors (Lipinski definition) is 0. The Morgan fingerprint density at radius 2 is 1.74 bits per heavy atom. The van der Waals surface area contributed by atoms with Crippen molar-refractivity contribution in [2.24, 2.45) is 0 Å². The molecule has 0 aliphatic heterocycles. The van der Waals surface area contributed by atoms with Crippen LogP contribution < -0.4 is 4.74 Å². The van der Waals surface area contributed by atoms with Gasteiger partial charge in [0.25, 0.3) is 0 Å². The Bertz CT molecular complexity index is 753. The molecule has 0 aliphatic carbocycles. The Morgan fingerprint density at radius 3 is 2.44 bits per heavy atom. The number of para-hydroxylation sites is 1. The maximum Gasteiger partial charge on any atom is 0.341 e. The third-order valence-corrected chi connectivity index (χ3v) is 4.35. The van der Waals surface area contributed by atoms with E-state index in [2.05, 4.69) is 12.1 Å². The smallest absolute Gasteiger partial charge is 0.341 e. The molecular weight excluding hydrogens is 364 g/mol. The zero-order valence-electron chi connectivity index (χ0n) is 15.7. The van der Waals surface area contributed by atoms with Crippen LogP contribution in [0.4, 0.5) is 0 Å². The van der Waals surface area contributed by atoms with E-state index >= 15 is 0 Å². The third-order valence-electron chi connectivity index (χ3n) is 4.10. The van der Waals surface area contributed by atoms with E-state index in [4.69, 9.17) is 25.8 Å². The number of aryl methyl sites for hydroxylation is 1. The fourth-order valence-electron chi connectivity index (χ4n) is 2.71. The van der Waals surface area contributed by atoms with E-state index in [1.807, 2.05) is 36.4 Å². The molecule has 0 atom stereocenters. The molecule has 0 aliphatic rings. The highest BCUT2D eigenvalue weighted by Gasteiger charge is 2.17. The molecule has 2 aromatic rings. The van der Waals surface area contributed by atoms with Crippen LogP contribution in [-0.2, 0) is 20.7 Å². The fraction of sp³-hybridized carbons (Fsp3) is 0.318. The van der Waals surface area contributed by atoms with Crippen molar-refractivity contribution in [1.82, 2.24) is 0 Å². The van der Waals surface area contributed by atoms with Crippen LogP contribution in [0.3, 0.4) is 0 Å². The maximum absolute atomic E-state index is 12.0. The van der Waals surface area contributed by atoms with Gasteiger partial charge in [-0.25, -0.2) is 4.79 Å². The summed E-state index contributed by atoms with van der Waals surface area (Å²) >= 11 is 5.90. The van der Waals surface area contributed by atoms with E-state index in [1.165, 1.54) is 26.0 Å². The Kier molecular flexibility index (Phi) is 8.72. The number of benzene rings is 2. The molecule has 0 amide bonds. The molecule has 0 fully saturated rings. The molecule has 0 bridgehead atoms. The van der Waals surface area contributed by atoms with E-state index in [9.17, 15) is 4.79 Å². The van der Waals surface area contributed by atoms with Crippen LogP contribution in [0.1, 0.15) is 30.4 Å². The van der Waals surface area contributed by atoms with Crippen LogP contribution >= 0.6 is 11.6 Å². The average Bonchev–Trinajstić information content (AvgIpc) is 2.70. The molecule has 0 radical (unpaired) electrons. The first-order chi connectivity index (χ1) is 13.2. The van der Waals surface area contributed by atoms with Gasteiger partial charge < -0.3 is 14.2 Å². The zero-order valence-corrected chi connectivity index (χ0v) is 16.5. The highest BCUT2D eigenvalue weighted by molar-refractivity contribution is 6.30. The van der Waals surface area contributed by atoms with Crippen molar-refractivity contribution in [3.8, 4) is 5.75 Å². The van der Waals surface area contributed by atoms with Crippen molar-refractivity contribution >= 4 is 23.1 Å². The zero-order chi connectivity index (χ0) is 19.5. The summed E-state index contributed by atoms with van der Waals surface area (Å²) in [5.74, 6) is 0.180. The second-order valence-electron chi connectivity index (χ2n) is 6.04. The lowest BCUT2D eigenvalue weighted by Crippen LogP contribution is -2.07. The molecule has 5 heteroatoms. The minimum atomic E-state index is -0.462. The second-order valence-corrected chi connectivity index (χ2v) is 6.48. The van der Waals surface area contributed by atoms with Crippen molar-refractivity contribution < 1.29 is 19.0 Å². The van der Waals surface area contributed by atoms with Gasteiger partial charge in [-0.05, 0) is 49.4 Å². The molecule has 0 saturated heterocycles. The SMILES string of the molecule is CO/C=C(/C(=O)OC)c1ccccc1OCCCCCc1ccc(Cl)cc1. The Labute approximate surface area is 165 Å². The standard InChI is InChI=1S/C22H25ClO4/c1-25-16-20(22(24)26-2)19-9-5-6-10-21(19)27-15-7-3-4-8-17-11-13-18(23)14-12-17/h5-6,9-14,16H,3-4,7-8,15H2,1-2H3/b20-16+. The highest BCUT2D eigenvalue weighted by Crippen LogP contribution is 2.27. The maximum atomic E-state index is 12.0. The number of ether oxygens (including phenoxy) is 3. The summed E-state index contributed by atoms with van der Waals surface area (Å²) in [6.07, 6.45) is 5.48. The molecule has 0 saturated carbocycles. The number of carbonyl (C=O) groups is 1. The number of hydrogen-bond acceptors (Lipinski definition) is 4. The van der Waals surface area contributed by atoms with E-state index in [-0.39, 0.29) is 0 Å². The predicted octanol–water partition coefficient (Wildman–Crippen LogP) is 5.29. The summed E-state index contributed by atoms with van der Waals surface area (Å²) in [6.45, 7) is 0.582. The molecule has 0 aromatic heterocycles. The quantitative estimate of drug-likeness (QED) is 0.240. The van der Waals surface area contributed by atoms with Gasteiger partial charge in [0.2, 0.25) is 0 Å². The van der Waals surface area contributed by atoms with Crippen LogP contribution in [0.5, 0.6) is 5.75 Å². The van der Waals surface area contributed by atoms with Crippen molar-refractivity contribution in [2.75, 3.05) is 20.8 Å². The van der Waals surface area contributed by atoms with E-state index in [1.54, 1.807) is 0 Å². The second kappa shape index (κ2) is 11.3. The summed E-state index contributed by atoms with van der Waals surface area (Å²) in [6, 6.07) is 15.3. The van der Waals surface area contributed by atoms with Gasteiger partial charge >= 0.3 is 5.97 Å². The van der Waals surface area contributed by atoms with Crippen molar-refractivity contribution in [3.05, 3.63) is 70.9 Å². The van der Waals surface area contributed by atoms with Crippen LogP contribution in [0, 0.1) is 0 Å². The summed E-state index contributed by atoms with van der Waals surface area (Å²) < 4.78 is 15.8. The number of esters is 1. The lowest BCUT2D eigenvalue weighted by atomic mass is 10.1. The van der Waals surface area contributed by atoms with Crippen LogP contribution in [0.15, 0.2) is 54.8 Å². The number of carbonyl (C=O) groups excluding carboxylic acids is 1. The fourth-order valence-corrected chi connectivity index (χ4v) is 2.83. The highest BCUT2D eigenvalue weighted by atomic mass is 35.5. The van der Waals surface area contributed by atoms with E-state index in [0.29, 0.717) is 23.5 Å². The molecule has 2 rings (SSSR count). The molecule has 2 aromatic carbocycles. The Hall–Kier alpha value is -2.46. The summed E-state index contributed by atoms with van der Waals surface area (Å²) in [5.41, 5.74) is 2.28. The normalized spacial score (nSPS) is 11.1. The van der Waals surface area contributed by atoms with E-state index < -0.39 is 5.97 Å². The van der Waals surface area contributed by atoms with Gasteiger partial charge in [0, 0.05) is 10.6 Å². The van der Waals surface area contributed by atoms with Crippen molar-refractivity contribution in [3.63, 3.8) is 0 Å². The molecular formula is C22H25ClO4. The largest absolute Gasteiger partial charge is 0.503 e. The first-order valence-corrected chi connectivity index (χ1v) is 9.31. The van der Waals surface area contributed by atoms with Gasteiger partial charge in [-0.3, -0.25) is 0 Å². The van der Waals surface area contributed by atoms with Crippen LogP contribution in [0.25, 0.3) is 5.57 Å². The van der Waals surface area contributed by atoms with Gasteiger partial charge in [0.15, 0.2) is 0 Å². The molecule has 0 heterocycles. The van der Waals surface area contributed by atoms with E-state index in [0.717, 1.165) is 30.7 Å². The lowest BCUT2D eigenvalue weighted by molar-refractivity contribution is -0.133. The topological polar surface area (TPSA) is 44.8 Å². The van der Waals surface area contributed by atoms with Gasteiger partial charge in [-0.2, -0.15) is 0 Å². The summed E-state index contributed by atoms with van der Waals surface area (Å²) in [4.78, 5) is 12.0. The minimum Gasteiger partial charge on any atom is -0.503 e. The number of rotatable bonds is 10. The summed E-state index contributed by atoms with van der Waals surface area (Å²) in [7, 11) is 2.84. The lowest BCUT2D eigenvalue weighted by Gasteiger charge is -2.13. The van der Waals surface area contributed by atoms with Crippen LogP contribution in [-0.4, -0.2) is 26.8 Å². The molecule has 0 spiro atoms.